The molecule has 8 heteroatoms. The number of amides is 1. The van der Waals surface area contributed by atoms with E-state index >= 15 is 0 Å². The lowest BCUT2D eigenvalue weighted by atomic mass is 10.1. The van der Waals surface area contributed by atoms with Gasteiger partial charge in [-0.1, -0.05) is 30.3 Å². The summed E-state index contributed by atoms with van der Waals surface area (Å²) in [4.78, 5) is 49.7. The van der Waals surface area contributed by atoms with E-state index < -0.39 is 30.5 Å². The van der Waals surface area contributed by atoms with E-state index in [1.54, 1.807) is 0 Å². The Labute approximate surface area is 155 Å². The van der Waals surface area contributed by atoms with Crippen molar-refractivity contribution in [2.75, 3.05) is 13.7 Å². The molecular formula is C19H20N2O6. The number of hydrogen-bond donors (Lipinski definition) is 2. The Kier molecular flexibility index (Phi) is 6.87. The molecule has 1 aromatic carbocycles. The fraction of sp³-hybridized carbons (Fsp3) is 0.263. The summed E-state index contributed by atoms with van der Waals surface area (Å²) < 4.78 is 9.61. The van der Waals surface area contributed by atoms with Gasteiger partial charge in [0.05, 0.1) is 7.11 Å². The van der Waals surface area contributed by atoms with Gasteiger partial charge < -0.3 is 19.8 Å². The van der Waals surface area contributed by atoms with E-state index in [0.717, 1.165) is 5.56 Å². The molecule has 0 aliphatic carbocycles. The summed E-state index contributed by atoms with van der Waals surface area (Å²) in [5.41, 5.74) is 1.23. The number of carbonyl (C=O) groups is 4. The average molecular weight is 372 g/mol. The smallest absolute Gasteiger partial charge is 0.355 e. The monoisotopic (exact) mass is 372 g/mol. The molecule has 0 bridgehead atoms. The van der Waals surface area contributed by atoms with Crippen molar-refractivity contribution in [3.63, 3.8) is 0 Å². The minimum absolute atomic E-state index is 0.0572. The van der Waals surface area contributed by atoms with Gasteiger partial charge in [0.2, 0.25) is 0 Å². The van der Waals surface area contributed by atoms with Gasteiger partial charge in [0.25, 0.3) is 5.91 Å². The zero-order chi connectivity index (χ0) is 19.8. The van der Waals surface area contributed by atoms with Gasteiger partial charge in [-0.15, -0.1) is 0 Å². The molecule has 27 heavy (non-hydrogen) atoms. The lowest BCUT2D eigenvalue weighted by Gasteiger charge is -2.16. The first-order valence-corrected chi connectivity index (χ1v) is 8.18. The Bertz CT molecular complexity index is 828. The Hall–Kier alpha value is -3.42. The number of aromatic amines is 1. The third-order valence-corrected chi connectivity index (χ3v) is 3.75. The SMILES string of the molecule is COC(=O)[C@@H](Cc1ccccc1)NC(=O)COC(=O)c1cc(C(C)=O)c[nH]1. The van der Waals surface area contributed by atoms with Crippen LogP contribution in [0.5, 0.6) is 0 Å². The second-order valence-electron chi connectivity index (χ2n) is 5.77. The maximum absolute atomic E-state index is 12.1. The average Bonchev–Trinajstić information content (AvgIpc) is 3.16. The maximum Gasteiger partial charge on any atom is 0.355 e. The predicted molar refractivity (Wildman–Crippen MR) is 95.2 cm³/mol. The van der Waals surface area contributed by atoms with E-state index in [9.17, 15) is 19.2 Å². The number of aromatic nitrogens is 1. The van der Waals surface area contributed by atoms with E-state index in [2.05, 4.69) is 10.3 Å². The van der Waals surface area contributed by atoms with Crippen LogP contribution in [0.15, 0.2) is 42.6 Å². The Morgan fingerprint density at radius 1 is 1.15 bits per heavy atom. The van der Waals surface area contributed by atoms with Crippen LogP contribution >= 0.6 is 0 Å². The zero-order valence-electron chi connectivity index (χ0n) is 15.0. The van der Waals surface area contributed by atoms with Gasteiger partial charge in [0.15, 0.2) is 12.4 Å². The van der Waals surface area contributed by atoms with Gasteiger partial charge in [-0.25, -0.2) is 9.59 Å². The number of rotatable bonds is 8. The normalized spacial score (nSPS) is 11.3. The highest BCUT2D eigenvalue weighted by atomic mass is 16.5. The standard InChI is InChI=1S/C19H20N2O6/c1-12(22)14-9-15(20-10-14)19(25)27-11-17(23)21-16(18(24)26-2)8-13-6-4-3-5-7-13/h3-7,9-10,16,20H,8,11H2,1-2H3,(H,21,23)/t16-/m1/s1. The molecule has 2 N–H and O–H groups in total. The number of nitrogens with one attached hydrogen (secondary N) is 2. The largest absolute Gasteiger partial charge is 0.467 e. The lowest BCUT2D eigenvalue weighted by Crippen LogP contribution is -2.44. The summed E-state index contributed by atoms with van der Waals surface area (Å²) in [5.74, 6) is -2.23. The molecule has 0 spiro atoms. The number of ketones is 1. The molecule has 8 nitrogen and oxygen atoms in total. The number of esters is 2. The van der Waals surface area contributed by atoms with Crippen molar-refractivity contribution in [3.8, 4) is 0 Å². The molecule has 2 aromatic rings. The zero-order valence-corrected chi connectivity index (χ0v) is 15.0. The first-order chi connectivity index (χ1) is 12.9. The first kappa shape index (κ1) is 19.9. The third-order valence-electron chi connectivity index (χ3n) is 3.75. The van der Waals surface area contributed by atoms with E-state index in [0.29, 0.717) is 5.56 Å². The minimum atomic E-state index is -0.904. The van der Waals surface area contributed by atoms with Crippen molar-refractivity contribution in [1.82, 2.24) is 10.3 Å². The molecule has 1 aromatic heterocycles. The summed E-state index contributed by atoms with van der Waals surface area (Å²) in [7, 11) is 1.23. The number of H-pyrrole nitrogens is 1. The highest BCUT2D eigenvalue weighted by Crippen LogP contribution is 2.07. The molecule has 1 atom stereocenters. The molecule has 0 saturated carbocycles. The van der Waals surface area contributed by atoms with E-state index in [-0.39, 0.29) is 17.9 Å². The molecule has 0 aliphatic rings. The molecule has 0 radical (unpaired) electrons. The van der Waals surface area contributed by atoms with Crippen LogP contribution in [0.1, 0.15) is 33.3 Å². The van der Waals surface area contributed by atoms with Crippen LogP contribution < -0.4 is 5.32 Å². The van der Waals surface area contributed by atoms with Crippen LogP contribution in [-0.4, -0.2) is 48.4 Å². The van der Waals surface area contributed by atoms with E-state index in [4.69, 9.17) is 9.47 Å². The summed E-state index contributed by atoms with van der Waals surface area (Å²) in [6.45, 7) is 0.793. The van der Waals surface area contributed by atoms with Crippen molar-refractivity contribution in [2.24, 2.45) is 0 Å². The van der Waals surface area contributed by atoms with Gasteiger partial charge >= 0.3 is 11.9 Å². The maximum atomic E-state index is 12.1. The van der Waals surface area contributed by atoms with Gasteiger partial charge in [-0.2, -0.15) is 0 Å². The molecule has 0 saturated heterocycles. The molecule has 0 unspecified atom stereocenters. The summed E-state index contributed by atoms with van der Waals surface area (Å²) in [6, 6.07) is 9.55. The van der Waals surface area contributed by atoms with Gasteiger partial charge in [0, 0.05) is 18.2 Å². The molecule has 1 amide bonds. The van der Waals surface area contributed by atoms with Crippen molar-refractivity contribution in [3.05, 3.63) is 59.4 Å². The third kappa shape index (κ3) is 5.81. The van der Waals surface area contributed by atoms with Crippen molar-refractivity contribution < 1.29 is 28.7 Å². The second-order valence-corrected chi connectivity index (χ2v) is 5.77. The molecule has 0 fully saturated rings. The van der Waals surface area contributed by atoms with Crippen LogP contribution in [-0.2, 0) is 25.5 Å². The number of methoxy groups -OCH3 is 1. The molecule has 2 rings (SSSR count). The number of benzene rings is 1. The van der Waals surface area contributed by atoms with Gasteiger partial charge in [0.1, 0.15) is 11.7 Å². The molecule has 0 aliphatic heterocycles. The minimum Gasteiger partial charge on any atom is -0.467 e. The van der Waals surface area contributed by atoms with E-state index in [1.165, 1.54) is 26.3 Å². The summed E-state index contributed by atoms with van der Waals surface area (Å²) in [6.07, 6.45) is 1.62. The highest BCUT2D eigenvalue weighted by molar-refractivity contribution is 5.98. The Balaban J connectivity index is 1.91. The quantitative estimate of drug-likeness (QED) is 0.533. The Morgan fingerprint density at radius 3 is 2.44 bits per heavy atom. The fourth-order valence-electron chi connectivity index (χ4n) is 2.35. The fourth-order valence-corrected chi connectivity index (χ4v) is 2.35. The highest BCUT2D eigenvalue weighted by Gasteiger charge is 2.23. The summed E-state index contributed by atoms with van der Waals surface area (Å²) >= 11 is 0. The lowest BCUT2D eigenvalue weighted by molar-refractivity contribution is -0.145. The number of carbonyl (C=O) groups excluding carboxylic acids is 4. The molecule has 1 heterocycles. The van der Waals surface area contributed by atoms with Crippen molar-refractivity contribution in [1.29, 1.82) is 0 Å². The van der Waals surface area contributed by atoms with Crippen LogP contribution in [0.25, 0.3) is 0 Å². The van der Waals surface area contributed by atoms with Crippen LogP contribution in [0.3, 0.4) is 0 Å². The van der Waals surface area contributed by atoms with Gasteiger partial charge in [-0.3, -0.25) is 9.59 Å². The van der Waals surface area contributed by atoms with Crippen LogP contribution in [0, 0.1) is 0 Å². The number of ether oxygens (including phenoxy) is 2. The number of Topliss-reactive ketones (excluding diaryl/α,β-unsaturated/α-hetero) is 1. The second kappa shape index (κ2) is 9.33. The van der Waals surface area contributed by atoms with Crippen molar-refractivity contribution >= 4 is 23.6 Å². The number of hydrogen-bond acceptors (Lipinski definition) is 6. The van der Waals surface area contributed by atoms with Crippen molar-refractivity contribution in [2.45, 2.75) is 19.4 Å². The van der Waals surface area contributed by atoms with Crippen LogP contribution in [0.2, 0.25) is 0 Å². The van der Waals surface area contributed by atoms with Crippen LogP contribution in [0.4, 0.5) is 0 Å². The molecule has 142 valence electrons. The molecular weight excluding hydrogens is 352 g/mol. The first-order valence-electron chi connectivity index (χ1n) is 8.18. The Morgan fingerprint density at radius 2 is 1.85 bits per heavy atom. The summed E-state index contributed by atoms with van der Waals surface area (Å²) in [5, 5.41) is 2.49. The van der Waals surface area contributed by atoms with E-state index in [1.807, 2.05) is 30.3 Å². The predicted octanol–water partition coefficient (Wildman–Crippen LogP) is 1.27. The topological polar surface area (TPSA) is 115 Å². The van der Waals surface area contributed by atoms with Gasteiger partial charge in [-0.05, 0) is 18.6 Å².